The second-order valence-corrected chi connectivity index (χ2v) is 6.35. The Morgan fingerprint density at radius 1 is 1.00 bits per heavy atom. The van der Waals surface area contributed by atoms with Gasteiger partial charge in [0.05, 0.1) is 12.8 Å². The minimum atomic E-state index is -1.14. The third kappa shape index (κ3) is 4.03. The summed E-state index contributed by atoms with van der Waals surface area (Å²) in [5.41, 5.74) is 0.688. The first-order chi connectivity index (χ1) is 13.2. The number of benzene rings is 2. The number of ether oxygens (including phenoxy) is 2. The summed E-state index contributed by atoms with van der Waals surface area (Å²) in [6.07, 6.45) is -2.56. The van der Waals surface area contributed by atoms with Crippen LogP contribution in [0.4, 0.5) is 0 Å². The molecule has 0 aromatic heterocycles. The molecule has 5 N–H and O–H groups in total. The zero-order valence-electron chi connectivity index (χ0n) is 14.5. The van der Waals surface area contributed by atoms with Gasteiger partial charge in [-0.05, 0) is 12.1 Å². The number of esters is 1. The summed E-state index contributed by atoms with van der Waals surface area (Å²) in [5, 5.41) is 47.7. The summed E-state index contributed by atoms with van der Waals surface area (Å²) in [7, 11) is 0. The van der Waals surface area contributed by atoms with E-state index in [1.807, 2.05) is 0 Å². The summed E-state index contributed by atoms with van der Waals surface area (Å²) >= 11 is 0. The summed E-state index contributed by atoms with van der Waals surface area (Å²) in [4.78, 5) is 22.7. The van der Waals surface area contributed by atoms with E-state index in [2.05, 4.69) is 0 Å². The van der Waals surface area contributed by atoms with Crippen molar-refractivity contribution in [2.75, 3.05) is 0 Å². The number of carboxylic acid groups (broad SMARTS) is 1. The smallest absolute Gasteiger partial charge is 0.306 e. The summed E-state index contributed by atoms with van der Waals surface area (Å²) in [6, 6.07) is 6.37. The first kappa shape index (κ1) is 19.2. The number of aliphatic carboxylic acids is 1. The van der Waals surface area contributed by atoms with E-state index in [4.69, 9.17) is 14.6 Å². The van der Waals surface area contributed by atoms with E-state index >= 15 is 0 Å². The lowest BCUT2D eigenvalue weighted by Gasteiger charge is -2.34. The molecule has 0 spiro atoms. The third-order valence-electron chi connectivity index (χ3n) is 4.32. The largest absolute Gasteiger partial charge is 0.508 e. The monoisotopic (exact) mass is 390 g/mol. The lowest BCUT2D eigenvalue weighted by molar-refractivity contribution is -0.157. The minimum absolute atomic E-state index is 0.0343. The lowest BCUT2D eigenvalue weighted by atomic mass is 9.93. The van der Waals surface area contributed by atoms with Crippen molar-refractivity contribution >= 4 is 11.9 Å². The van der Waals surface area contributed by atoms with Crippen molar-refractivity contribution in [3.05, 3.63) is 41.5 Å². The van der Waals surface area contributed by atoms with Gasteiger partial charge >= 0.3 is 11.9 Å². The zero-order chi connectivity index (χ0) is 20.4. The van der Waals surface area contributed by atoms with Crippen molar-refractivity contribution in [1.82, 2.24) is 0 Å². The quantitative estimate of drug-likeness (QED) is 0.381. The SMILES string of the molecule is O=C(O)CCC(=O)O[C@H]1Cc2c(O)cc(O)cc2O[C@@H]1c1ccc(O)c(O)c1. The van der Waals surface area contributed by atoms with Crippen LogP contribution in [0.15, 0.2) is 30.3 Å². The highest BCUT2D eigenvalue weighted by Crippen LogP contribution is 2.43. The van der Waals surface area contributed by atoms with E-state index in [-0.39, 0.29) is 35.8 Å². The van der Waals surface area contributed by atoms with Crippen molar-refractivity contribution in [2.45, 2.75) is 31.5 Å². The fourth-order valence-corrected chi connectivity index (χ4v) is 2.99. The summed E-state index contributed by atoms with van der Waals surface area (Å²) in [6.45, 7) is 0. The molecule has 0 fully saturated rings. The van der Waals surface area contributed by atoms with E-state index in [0.717, 1.165) is 6.07 Å². The molecule has 0 amide bonds. The van der Waals surface area contributed by atoms with Crippen molar-refractivity contribution < 1.29 is 44.6 Å². The number of carbonyl (C=O) groups is 2. The van der Waals surface area contributed by atoms with Gasteiger partial charge in [-0.1, -0.05) is 6.07 Å². The minimum Gasteiger partial charge on any atom is -0.508 e. The Bertz CT molecular complexity index is 922. The Kier molecular flexibility index (Phi) is 5.16. The van der Waals surface area contributed by atoms with Crippen LogP contribution in [0.2, 0.25) is 0 Å². The van der Waals surface area contributed by atoms with Crippen LogP contribution in [0.5, 0.6) is 28.7 Å². The molecule has 0 saturated heterocycles. The van der Waals surface area contributed by atoms with E-state index in [9.17, 15) is 30.0 Å². The molecule has 0 bridgehead atoms. The van der Waals surface area contributed by atoms with Crippen molar-refractivity contribution in [2.24, 2.45) is 0 Å². The molecule has 1 aliphatic heterocycles. The first-order valence-electron chi connectivity index (χ1n) is 8.39. The molecule has 1 aliphatic rings. The Hall–Kier alpha value is -3.62. The van der Waals surface area contributed by atoms with E-state index in [1.54, 1.807) is 0 Å². The fraction of sp³-hybridized carbons (Fsp3) is 0.263. The van der Waals surface area contributed by atoms with Crippen molar-refractivity contribution in [1.29, 1.82) is 0 Å². The number of aromatic hydroxyl groups is 4. The van der Waals surface area contributed by atoms with Crippen molar-refractivity contribution in [3.63, 3.8) is 0 Å². The van der Waals surface area contributed by atoms with Crippen LogP contribution in [0.1, 0.15) is 30.1 Å². The number of carboxylic acids is 1. The van der Waals surface area contributed by atoms with Gasteiger partial charge in [0.2, 0.25) is 0 Å². The standard InChI is InChI=1S/C19H18O9/c20-10-6-13(22)11-8-16(27-18(26)4-3-17(24)25)19(28-15(11)7-10)9-1-2-12(21)14(23)5-9/h1-2,5-7,16,19-23H,3-4,8H2,(H,24,25)/t16-,19+/m0/s1. The van der Waals surface area contributed by atoms with Crippen LogP contribution in [-0.4, -0.2) is 43.6 Å². The van der Waals surface area contributed by atoms with Crippen LogP contribution in [0.25, 0.3) is 0 Å². The van der Waals surface area contributed by atoms with Gasteiger partial charge in [-0.2, -0.15) is 0 Å². The molecule has 0 saturated carbocycles. The average molecular weight is 390 g/mol. The molecule has 2 aromatic carbocycles. The topological polar surface area (TPSA) is 154 Å². The molecule has 0 unspecified atom stereocenters. The fourth-order valence-electron chi connectivity index (χ4n) is 2.99. The lowest BCUT2D eigenvalue weighted by Crippen LogP contribution is -2.34. The van der Waals surface area contributed by atoms with Gasteiger partial charge in [0.1, 0.15) is 23.4 Å². The van der Waals surface area contributed by atoms with Crippen molar-refractivity contribution in [3.8, 4) is 28.7 Å². The maximum Gasteiger partial charge on any atom is 0.306 e. The van der Waals surface area contributed by atoms with Gasteiger partial charge in [0.25, 0.3) is 0 Å². The van der Waals surface area contributed by atoms with Gasteiger partial charge < -0.3 is 35.0 Å². The Morgan fingerprint density at radius 3 is 2.43 bits per heavy atom. The average Bonchev–Trinajstić information content (AvgIpc) is 2.62. The van der Waals surface area contributed by atoms with Gasteiger partial charge in [-0.3, -0.25) is 9.59 Å². The third-order valence-corrected chi connectivity index (χ3v) is 4.32. The van der Waals surface area contributed by atoms with Crippen LogP contribution in [0, 0.1) is 0 Å². The predicted molar refractivity (Wildman–Crippen MR) is 93.4 cm³/mol. The van der Waals surface area contributed by atoms with Crippen LogP contribution >= 0.6 is 0 Å². The molecule has 28 heavy (non-hydrogen) atoms. The van der Waals surface area contributed by atoms with Gasteiger partial charge in [-0.15, -0.1) is 0 Å². The predicted octanol–water partition coefficient (Wildman–Crippen LogP) is 1.96. The van der Waals surface area contributed by atoms with Crippen LogP contribution in [-0.2, 0) is 20.7 Å². The van der Waals surface area contributed by atoms with Crippen LogP contribution in [0.3, 0.4) is 0 Å². The molecular weight excluding hydrogens is 372 g/mol. The molecule has 0 radical (unpaired) electrons. The number of hydrogen-bond acceptors (Lipinski definition) is 8. The summed E-state index contributed by atoms with van der Waals surface area (Å²) < 4.78 is 11.2. The highest BCUT2D eigenvalue weighted by Gasteiger charge is 2.36. The molecule has 148 valence electrons. The molecule has 9 heteroatoms. The molecule has 2 atom stereocenters. The van der Waals surface area contributed by atoms with E-state index in [0.29, 0.717) is 11.1 Å². The highest BCUT2D eigenvalue weighted by molar-refractivity contribution is 5.76. The highest BCUT2D eigenvalue weighted by atomic mass is 16.6. The second-order valence-electron chi connectivity index (χ2n) is 6.35. The molecular formula is C19H18O9. The van der Waals surface area contributed by atoms with E-state index < -0.39 is 36.3 Å². The summed E-state index contributed by atoms with van der Waals surface area (Å²) in [5.74, 6) is -2.94. The molecule has 0 aliphatic carbocycles. The number of phenols is 4. The number of carbonyl (C=O) groups excluding carboxylic acids is 1. The maximum atomic E-state index is 12.0. The second kappa shape index (κ2) is 7.55. The number of phenolic OH excluding ortho intramolecular Hbond substituents is 4. The van der Waals surface area contributed by atoms with Crippen LogP contribution < -0.4 is 4.74 Å². The first-order valence-corrected chi connectivity index (χ1v) is 8.39. The molecule has 1 heterocycles. The maximum absolute atomic E-state index is 12.0. The Morgan fingerprint density at radius 2 is 1.75 bits per heavy atom. The Labute approximate surface area is 159 Å². The number of rotatable bonds is 5. The zero-order valence-corrected chi connectivity index (χ0v) is 14.5. The number of hydrogen-bond donors (Lipinski definition) is 5. The Balaban J connectivity index is 1.93. The molecule has 2 aromatic rings. The number of fused-ring (bicyclic) bond motifs is 1. The van der Waals surface area contributed by atoms with E-state index in [1.165, 1.54) is 24.3 Å². The van der Waals surface area contributed by atoms with Gasteiger partial charge in [0, 0.05) is 29.7 Å². The van der Waals surface area contributed by atoms with Gasteiger partial charge in [-0.25, -0.2) is 0 Å². The molecule has 9 nitrogen and oxygen atoms in total. The molecule has 3 rings (SSSR count). The normalized spacial score (nSPS) is 18.0. The van der Waals surface area contributed by atoms with Gasteiger partial charge in [0.15, 0.2) is 17.6 Å².